The van der Waals surface area contributed by atoms with E-state index < -0.39 is 0 Å². The molecule has 3 heterocycles. The number of nitrogens with one attached hydrogen (secondary N) is 2. The second kappa shape index (κ2) is 7.53. The lowest BCUT2D eigenvalue weighted by atomic mass is 9.81. The molecule has 29 heavy (non-hydrogen) atoms. The van der Waals surface area contributed by atoms with Crippen molar-refractivity contribution >= 4 is 23.4 Å². The minimum atomic E-state index is -0.234. The average Bonchev–Trinajstić information content (AvgIpc) is 3.02. The largest absolute Gasteiger partial charge is 0.478 e. The molecule has 1 saturated carbocycles. The molecule has 1 aliphatic carbocycles. The lowest BCUT2D eigenvalue weighted by molar-refractivity contribution is -0.118. The molecule has 2 aromatic rings. The smallest absolute Gasteiger partial charge is 0.247 e. The summed E-state index contributed by atoms with van der Waals surface area (Å²) in [5.41, 5.74) is 1.48. The van der Waals surface area contributed by atoms with Crippen molar-refractivity contribution in [3.63, 3.8) is 0 Å². The van der Waals surface area contributed by atoms with Crippen molar-refractivity contribution in [1.29, 1.82) is 0 Å². The predicted octanol–water partition coefficient (Wildman–Crippen LogP) is 2.20. The number of nitrogens with zero attached hydrogens (tertiary/aromatic N) is 5. The first-order chi connectivity index (χ1) is 13.8. The number of ether oxygens (including phenoxy) is 1. The number of fused-ring (bicyclic) bond motifs is 1. The standard InChI is InChI=1S/C20H29N7O2/c1-11(2)17-19(28)24-16-12(3)22-20(25-18(16)26(17)4)23-14-8-13(9-14)10-29-15-6-7-21-27(15)5/h6-7,11,13-14,17H,8-10H2,1-5H3,(H,24,28)(H,22,23,25)/t13-,14+,17-/m0/s1. The summed E-state index contributed by atoms with van der Waals surface area (Å²) in [7, 11) is 3.80. The van der Waals surface area contributed by atoms with Gasteiger partial charge in [-0.1, -0.05) is 13.8 Å². The van der Waals surface area contributed by atoms with Crippen LogP contribution in [0.15, 0.2) is 12.3 Å². The number of amides is 1. The van der Waals surface area contributed by atoms with Gasteiger partial charge in [-0.05, 0) is 31.6 Å². The minimum Gasteiger partial charge on any atom is -0.478 e. The van der Waals surface area contributed by atoms with E-state index in [2.05, 4.69) is 20.7 Å². The van der Waals surface area contributed by atoms with Crippen molar-refractivity contribution in [2.75, 3.05) is 29.2 Å². The SMILES string of the molecule is Cc1nc(N[C@H]2C[C@@H](COc3ccnn3C)C2)nc2c1NC(=O)[C@H](C(C)C)N2C. The first kappa shape index (κ1) is 19.5. The molecule has 0 spiro atoms. The topological polar surface area (TPSA) is 97.2 Å². The highest BCUT2D eigenvalue weighted by Gasteiger charge is 2.36. The van der Waals surface area contributed by atoms with Crippen LogP contribution in [0.25, 0.3) is 0 Å². The Morgan fingerprint density at radius 2 is 2.07 bits per heavy atom. The number of aromatic nitrogens is 4. The zero-order valence-corrected chi connectivity index (χ0v) is 17.6. The van der Waals surface area contributed by atoms with Crippen LogP contribution in [0.5, 0.6) is 5.88 Å². The molecule has 156 valence electrons. The molecule has 1 atom stereocenters. The minimum absolute atomic E-state index is 0.00216. The van der Waals surface area contributed by atoms with Crippen molar-refractivity contribution in [2.24, 2.45) is 18.9 Å². The third kappa shape index (κ3) is 3.73. The molecule has 9 heteroatoms. The highest BCUT2D eigenvalue weighted by Crippen LogP contribution is 2.35. The lowest BCUT2D eigenvalue weighted by Gasteiger charge is -2.38. The van der Waals surface area contributed by atoms with Crippen LogP contribution in [0.2, 0.25) is 0 Å². The quantitative estimate of drug-likeness (QED) is 0.768. The fraction of sp³-hybridized carbons (Fsp3) is 0.600. The molecule has 0 radical (unpaired) electrons. The normalized spacial score (nSPS) is 23.4. The van der Waals surface area contributed by atoms with E-state index in [1.807, 2.05) is 45.8 Å². The molecule has 4 rings (SSSR count). The van der Waals surface area contributed by atoms with E-state index in [4.69, 9.17) is 9.72 Å². The number of anilines is 3. The number of rotatable bonds is 6. The van der Waals surface area contributed by atoms with Crippen LogP contribution < -0.4 is 20.3 Å². The van der Waals surface area contributed by atoms with Crippen LogP contribution in [0, 0.1) is 18.8 Å². The van der Waals surface area contributed by atoms with Crippen LogP contribution in [-0.4, -0.2) is 51.4 Å². The van der Waals surface area contributed by atoms with Gasteiger partial charge in [0.1, 0.15) is 11.7 Å². The zero-order valence-electron chi connectivity index (χ0n) is 17.6. The molecule has 1 amide bonds. The van der Waals surface area contributed by atoms with Gasteiger partial charge in [-0.15, -0.1) is 0 Å². The maximum Gasteiger partial charge on any atom is 0.247 e. The van der Waals surface area contributed by atoms with Gasteiger partial charge in [-0.3, -0.25) is 4.79 Å². The average molecular weight is 399 g/mol. The van der Waals surface area contributed by atoms with Crippen LogP contribution in [0.1, 0.15) is 32.4 Å². The summed E-state index contributed by atoms with van der Waals surface area (Å²) in [6, 6.07) is 1.97. The van der Waals surface area contributed by atoms with Gasteiger partial charge in [0.2, 0.25) is 17.7 Å². The monoisotopic (exact) mass is 399 g/mol. The van der Waals surface area contributed by atoms with Gasteiger partial charge in [0.05, 0.1) is 18.5 Å². The van der Waals surface area contributed by atoms with Crippen molar-refractivity contribution < 1.29 is 9.53 Å². The fourth-order valence-electron chi connectivity index (χ4n) is 4.16. The third-order valence-corrected chi connectivity index (χ3v) is 5.78. The fourth-order valence-corrected chi connectivity index (χ4v) is 4.16. The van der Waals surface area contributed by atoms with E-state index in [-0.39, 0.29) is 17.9 Å². The van der Waals surface area contributed by atoms with Crippen molar-refractivity contribution in [3.05, 3.63) is 18.0 Å². The summed E-state index contributed by atoms with van der Waals surface area (Å²) >= 11 is 0. The lowest BCUT2D eigenvalue weighted by Crippen LogP contribution is -2.50. The molecule has 0 bridgehead atoms. The zero-order chi connectivity index (χ0) is 20.7. The highest BCUT2D eigenvalue weighted by atomic mass is 16.5. The second-order valence-electron chi connectivity index (χ2n) is 8.40. The first-order valence-electron chi connectivity index (χ1n) is 10.1. The van der Waals surface area contributed by atoms with E-state index in [0.717, 1.165) is 30.2 Å². The Hall–Kier alpha value is -2.84. The molecule has 1 aliphatic heterocycles. The van der Waals surface area contributed by atoms with Crippen molar-refractivity contribution in [2.45, 2.75) is 45.7 Å². The molecule has 9 nitrogen and oxygen atoms in total. The van der Waals surface area contributed by atoms with E-state index in [0.29, 0.717) is 30.2 Å². The van der Waals surface area contributed by atoms with E-state index >= 15 is 0 Å². The number of hydrogen-bond acceptors (Lipinski definition) is 7. The Morgan fingerprint density at radius 3 is 2.72 bits per heavy atom. The van der Waals surface area contributed by atoms with Gasteiger partial charge in [0, 0.05) is 26.2 Å². The number of hydrogen-bond donors (Lipinski definition) is 2. The Bertz CT molecular complexity index is 904. The van der Waals surface area contributed by atoms with Gasteiger partial charge >= 0.3 is 0 Å². The first-order valence-corrected chi connectivity index (χ1v) is 10.1. The maximum absolute atomic E-state index is 12.4. The summed E-state index contributed by atoms with van der Waals surface area (Å²) < 4.78 is 7.56. The van der Waals surface area contributed by atoms with E-state index in [1.54, 1.807) is 10.9 Å². The van der Waals surface area contributed by atoms with Gasteiger partial charge in [0.15, 0.2) is 5.82 Å². The van der Waals surface area contributed by atoms with Crippen molar-refractivity contribution in [3.8, 4) is 5.88 Å². The number of likely N-dealkylation sites (N-methyl/N-ethyl adjacent to an activating group) is 1. The van der Waals surface area contributed by atoms with Gasteiger partial charge in [0.25, 0.3) is 0 Å². The number of carbonyl (C=O) groups excluding carboxylic acids is 1. The van der Waals surface area contributed by atoms with Gasteiger partial charge in [-0.2, -0.15) is 10.1 Å². The highest BCUT2D eigenvalue weighted by molar-refractivity contribution is 6.03. The summed E-state index contributed by atoms with van der Waals surface area (Å²) in [5.74, 6) is 2.87. The summed E-state index contributed by atoms with van der Waals surface area (Å²) in [6.07, 6.45) is 3.76. The van der Waals surface area contributed by atoms with Crippen LogP contribution in [0.4, 0.5) is 17.5 Å². The summed E-state index contributed by atoms with van der Waals surface area (Å²) in [5, 5.41) is 10.5. The Kier molecular flexibility index (Phi) is 5.06. The van der Waals surface area contributed by atoms with Crippen LogP contribution >= 0.6 is 0 Å². The Morgan fingerprint density at radius 1 is 1.31 bits per heavy atom. The molecule has 0 saturated heterocycles. The second-order valence-corrected chi connectivity index (χ2v) is 8.40. The molecular formula is C20H29N7O2. The number of carbonyl (C=O) groups is 1. The molecule has 2 aromatic heterocycles. The third-order valence-electron chi connectivity index (χ3n) is 5.78. The summed E-state index contributed by atoms with van der Waals surface area (Å²) in [6.45, 7) is 6.68. The molecule has 2 aliphatic rings. The van der Waals surface area contributed by atoms with Crippen molar-refractivity contribution in [1.82, 2.24) is 19.7 Å². The van der Waals surface area contributed by atoms with Crippen LogP contribution in [0.3, 0.4) is 0 Å². The molecular weight excluding hydrogens is 370 g/mol. The number of aryl methyl sites for hydroxylation is 2. The van der Waals surface area contributed by atoms with E-state index in [9.17, 15) is 4.79 Å². The molecule has 1 fully saturated rings. The maximum atomic E-state index is 12.4. The Balaban J connectivity index is 1.38. The molecule has 0 unspecified atom stereocenters. The van der Waals surface area contributed by atoms with Crippen LogP contribution in [-0.2, 0) is 11.8 Å². The van der Waals surface area contributed by atoms with Gasteiger partial charge < -0.3 is 20.3 Å². The Labute approximate surface area is 170 Å². The molecule has 2 N–H and O–H groups in total. The van der Waals surface area contributed by atoms with Gasteiger partial charge in [-0.25, -0.2) is 9.67 Å². The van der Waals surface area contributed by atoms with E-state index in [1.165, 1.54) is 0 Å². The summed E-state index contributed by atoms with van der Waals surface area (Å²) in [4.78, 5) is 23.7. The molecule has 0 aromatic carbocycles. The predicted molar refractivity (Wildman–Crippen MR) is 111 cm³/mol.